The Balaban J connectivity index is 2.35. The third-order valence-electron chi connectivity index (χ3n) is 2.91. The molecule has 0 heterocycles. The Morgan fingerprint density at radius 3 is 2.38 bits per heavy atom. The molecule has 0 spiro atoms. The standard InChI is InChI=1S/C15H12BrNO4/c1-8-6-10(18)3-5-11(8)14(19)17-13-7-9(16)2-4-12(13)15(20)21/h2-7,18H,1H3,(H,17,19)(H,20,21). The largest absolute Gasteiger partial charge is 0.508 e. The first kappa shape index (κ1) is 15.1. The fourth-order valence-corrected chi connectivity index (χ4v) is 2.26. The molecular weight excluding hydrogens is 338 g/mol. The number of amides is 1. The molecule has 108 valence electrons. The number of hydrogen-bond donors (Lipinski definition) is 3. The number of nitrogens with one attached hydrogen (secondary N) is 1. The van der Waals surface area contributed by atoms with Crippen LogP contribution >= 0.6 is 15.9 Å². The topological polar surface area (TPSA) is 86.6 Å². The molecule has 0 unspecified atom stereocenters. The van der Waals surface area contributed by atoms with Crippen molar-refractivity contribution >= 4 is 33.5 Å². The molecule has 0 aliphatic rings. The van der Waals surface area contributed by atoms with Crippen LogP contribution in [0.4, 0.5) is 5.69 Å². The van der Waals surface area contributed by atoms with Gasteiger partial charge in [-0.05, 0) is 48.9 Å². The van der Waals surface area contributed by atoms with Gasteiger partial charge in [0.05, 0.1) is 11.3 Å². The van der Waals surface area contributed by atoms with Gasteiger partial charge in [-0.15, -0.1) is 0 Å². The number of benzene rings is 2. The van der Waals surface area contributed by atoms with Crippen LogP contribution in [0, 0.1) is 6.92 Å². The molecule has 0 aliphatic heterocycles. The van der Waals surface area contributed by atoms with E-state index in [9.17, 15) is 14.7 Å². The van der Waals surface area contributed by atoms with Gasteiger partial charge in [-0.1, -0.05) is 15.9 Å². The molecule has 2 aromatic carbocycles. The van der Waals surface area contributed by atoms with E-state index in [0.717, 1.165) is 0 Å². The molecular formula is C15H12BrNO4. The monoisotopic (exact) mass is 349 g/mol. The summed E-state index contributed by atoms with van der Waals surface area (Å²) >= 11 is 3.24. The van der Waals surface area contributed by atoms with Crippen LogP contribution < -0.4 is 5.32 Å². The lowest BCUT2D eigenvalue weighted by molar-refractivity contribution is 0.0698. The minimum atomic E-state index is -1.12. The highest BCUT2D eigenvalue weighted by atomic mass is 79.9. The lowest BCUT2D eigenvalue weighted by Crippen LogP contribution is -2.15. The smallest absolute Gasteiger partial charge is 0.337 e. The lowest BCUT2D eigenvalue weighted by Gasteiger charge is -2.11. The predicted octanol–water partition coefficient (Wildman–Crippen LogP) is 3.41. The molecule has 0 aromatic heterocycles. The minimum absolute atomic E-state index is 0.00276. The van der Waals surface area contributed by atoms with Crippen LogP contribution in [0.15, 0.2) is 40.9 Å². The predicted molar refractivity (Wildman–Crippen MR) is 81.9 cm³/mol. The highest BCUT2D eigenvalue weighted by molar-refractivity contribution is 9.10. The number of aryl methyl sites for hydroxylation is 1. The van der Waals surface area contributed by atoms with Gasteiger partial charge < -0.3 is 15.5 Å². The number of hydrogen-bond acceptors (Lipinski definition) is 3. The number of carboxylic acids is 1. The minimum Gasteiger partial charge on any atom is -0.508 e. The van der Waals surface area contributed by atoms with Crippen molar-refractivity contribution in [2.75, 3.05) is 5.32 Å². The number of aromatic carboxylic acids is 1. The third kappa shape index (κ3) is 3.41. The highest BCUT2D eigenvalue weighted by Gasteiger charge is 2.15. The first-order valence-electron chi connectivity index (χ1n) is 6.02. The van der Waals surface area contributed by atoms with Crippen molar-refractivity contribution in [2.24, 2.45) is 0 Å². The first-order chi connectivity index (χ1) is 9.88. The number of carbonyl (C=O) groups is 2. The summed E-state index contributed by atoms with van der Waals surface area (Å²) in [5.41, 5.74) is 1.17. The van der Waals surface area contributed by atoms with Crippen molar-refractivity contribution in [3.8, 4) is 5.75 Å². The molecule has 0 aliphatic carbocycles. The van der Waals surface area contributed by atoms with E-state index in [4.69, 9.17) is 5.11 Å². The van der Waals surface area contributed by atoms with Gasteiger partial charge in [0.1, 0.15) is 5.75 Å². The Bertz CT molecular complexity index is 728. The number of rotatable bonds is 3. The summed E-state index contributed by atoms with van der Waals surface area (Å²) in [6, 6.07) is 8.88. The summed E-state index contributed by atoms with van der Waals surface area (Å²) in [4.78, 5) is 23.4. The van der Waals surface area contributed by atoms with E-state index in [0.29, 0.717) is 15.6 Å². The number of phenols is 1. The molecule has 2 aromatic rings. The maximum atomic E-state index is 12.2. The zero-order valence-corrected chi connectivity index (χ0v) is 12.6. The van der Waals surface area contributed by atoms with E-state index >= 15 is 0 Å². The van der Waals surface area contributed by atoms with E-state index in [1.54, 1.807) is 13.0 Å². The molecule has 6 heteroatoms. The van der Waals surface area contributed by atoms with E-state index in [-0.39, 0.29) is 17.0 Å². The van der Waals surface area contributed by atoms with Crippen molar-refractivity contribution in [1.29, 1.82) is 0 Å². The van der Waals surface area contributed by atoms with Gasteiger partial charge in [-0.2, -0.15) is 0 Å². The Labute approximate surface area is 129 Å². The van der Waals surface area contributed by atoms with E-state index in [1.807, 2.05) is 0 Å². The fourth-order valence-electron chi connectivity index (χ4n) is 1.90. The molecule has 5 nitrogen and oxygen atoms in total. The molecule has 0 saturated heterocycles. The summed E-state index contributed by atoms with van der Waals surface area (Å²) < 4.78 is 0.658. The Morgan fingerprint density at radius 1 is 1.10 bits per heavy atom. The SMILES string of the molecule is Cc1cc(O)ccc1C(=O)Nc1cc(Br)ccc1C(=O)O. The van der Waals surface area contributed by atoms with Crippen molar-refractivity contribution in [3.05, 3.63) is 57.6 Å². The van der Waals surface area contributed by atoms with Crippen LogP contribution in [0.5, 0.6) is 5.75 Å². The van der Waals surface area contributed by atoms with Gasteiger partial charge in [-0.3, -0.25) is 4.79 Å². The first-order valence-corrected chi connectivity index (χ1v) is 6.81. The molecule has 1 amide bonds. The average Bonchev–Trinajstić information content (AvgIpc) is 2.37. The molecule has 0 saturated carbocycles. The third-order valence-corrected chi connectivity index (χ3v) is 3.41. The second-order valence-electron chi connectivity index (χ2n) is 4.45. The second kappa shape index (κ2) is 5.97. The van der Waals surface area contributed by atoms with Crippen molar-refractivity contribution < 1.29 is 19.8 Å². The van der Waals surface area contributed by atoms with Gasteiger partial charge in [-0.25, -0.2) is 4.79 Å². The van der Waals surface area contributed by atoms with Crippen molar-refractivity contribution in [1.82, 2.24) is 0 Å². The van der Waals surface area contributed by atoms with Gasteiger partial charge in [0, 0.05) is 10.0 Å². The number of phenolic OH excluding ortho intramolecular Hbond substituents is 1. The number of carboxylic acid groups (broad SMARTS) is 1. The van der Waals surface area contributed by atoms with Crippen LogP contribution in [-0.4, -0.2) is 22.1 Å². The second-order valence-corrected chi connectivity index (χ2v) is 5.36. The van der Waals surface area contributed by atoms with Gasteiger partial charge in [0.15, 0.2) is 0 Å². The number of anilines is 1. The summed E-state index contributed by atoms with van der Waals surface area (Å²) in [5.74, 6) is -1.49. The van der Waals surface area contributed by atoms with Gasteiger partial charge >= 0.3 is 5.97 Å². The van der Waals surface area contributed by atoms with E-state index < -0.39 is 11.9 Å². The summed E-state index contributed by atoms with van der Waals surface area (Å²) in [6.07, 6.45) is 0. The average molecular weight is 350 g/mol. The van der Waals surface area contributed by atoms with Crippen LogP contribution in [0.3, 0.4) is 0 Å². The Hall–Kier alpha value is -2.34. The normalized spacial score (nSPS) is 10.2. The molecule has 21 heavy (non-hydrogen) atoms. The van der Waals surface area contributed by atoms with Gasteiger partial charge in [0.25, 0.3) is 5.91 Å². The molecule has 0 atom stereocenters. The molecule has 0 bridgehead atoms. The van der Waals surface area contributed by atoms with Gasteiger partial charge in [0.2, 0.25) is 0 Å². The quantitative estimate of drug-likeness (QED) is 0.792. The van der Waals surface area contributed by atoms with Crippen LogP contribution in [0.2, 0.25) is 0 Å². The van der Waals surface area contributed by atoms with Crippen LogP contribution in [0.25, 0.3) is 0 Å². The van der Waals surface area contributed by atoms with E-state index in [1.165, 1.54) is 30.3 Å². The maximum absolute atomic E-state index is 12.2. The zero-order valence-electron chi connectivity index (χ0n) is 11.1. The summed E-state index contributed by atoms with van der Waals surface area (Å²) in [6.45, 7) is 1.69. The summed E-state index contributed by atoms with van der Waals surface area (Å²) in [5, 5.41) is 21.1. The zero-order chi connectivity index (χ0) is 15.6. The maximum Gasteiger partial charge on any atom is 0.337 e. The Kier molecular flexibility index (Phi) is 4.28. The lowest BCUT2D eigenvalue weighted by atomic mass is 10.1. The Morgan fingerprint density at radius 2 is 1.76 bits per heavy atom. The molecule has 0 radical (unpaired) electrons. The van der Waals surface area contributed by atoms with Crippen molar-refractivity contribution in [2.45, 2.75) is 6.92 Å². The number of aromatic hydroxyl groups is 1. The van der Waals surface area contributed by atoms with Crippen LogP contribution in [0.1, 0.15) is 26.3 Å². The molecule has 2 rings (SSSR count). The molecule has 0 fully saturated rings. The fraction of sp³-hybridized carbons (Fsp3) is 0.0667. The summed E-state index contributed by atoms with van der Waals surface area (Å²) in [7, 11) is 0. The van der Waals surface area contributed by atoms with E-state index in [2.05, 4.69) is 21.2 Å². The van der Waals surface area contributed by atoms with Crippen molar-refractivity contribution in [3.63, 3.8) is 0 Å². The number of carbonyl (C=O) groups excluding carboxylic acids is 1. The van der Waals surface area contributed by atoms with Crippen LogP contribution in [-0.2, 0) is 0 Å². The number of halogens is 1. The highest BCUT2D eigenvalue weighted by Crippen LogP contribution is 2.23. The molecule has 3 N–H and O–H groups in total.